The molecule has 2 rings (SSSR count). The van der Waals surface area contributed by atoms with E-state index in [4.69, 9.17) is 5.11 Å². The number of carboxylic acid groups (broad SMARTS) is 1. The molecule has 0 saturated carbocycles. The summed E-state index contributed by atoms with van der Waals surface area (Å²) < 4.78 is 0. The van der Waals surface area contributed by atoms with Crippen molar-refractivity contribution in [1.29, 1.82) is 0 Å². The van der Waals surface area contributed by atoms with Gasteiger partial charge in [0, 0.05) is 17.8 Å². The number of benzene rings is 2. The van der Waals surface area contributed by atoms with E-state index < -0.39 is 44.4 Å². The summed E-state index contributed by atoms with van der Waals surface area (Å²) in [4.78, 5) is 43.0. The van der Waals surface area contributed by atoms with E-state index in [0.29, 0.717) is 6.07 Å². The van der Waals surface area contributed by atoms with Gasteiger partial charge in [0.1, 0.15) is 11.3 Å². The van der Waals surface area contributed by atoms with Crippen LogP contribution in [-0.4, -0.2) is 31.9 Å². The number of carbonyl (C=O) groups excluding carboxylic acids is 1. The second-order valence-electron chi connectivity index (χ2n) is 4.74. The molecule has 0 aliphatic heterocycles. The molecule has 0 saturated heterocycles. The number of carbonyl (C=O) groups is 2. The van der Waals surface area contributed by atoms with Crippen molar-refractivity contribution >= 4 is 28.9 Å². The lowest BCUT2D eigenvalue weighted by Crippen LogP contribution is -2.13. The maximum Gasteiger partial charge on any atom is 0.339 e. The van der Waals surface area contributed by atoms with Crippen LogP contribution in [0.15, 0.2) is 36.4 Å². The largest absolute Gasteiger partial charge is 0.507 e. The van der Waals surface area contributed by atoms with Crippen LogP contribution in [-0.2, 0) is 0 Å². The zero-order chi connectivity index (χ0) is 18.7. The average Bonchev–Trinajstić information content (AvgIpc) is 2.55. The van der Waals surface area contributed by atoms with Crippen molar-refractivity contribution in [3.8, 4) is 5.75 Å². The Morgan fingerprint density at radius 2 is 1.52 bits per heavy atom. The van der Waals surface area contributed by atoms with E-state index in [-0.39, 0.29) is 11.3 Å². The lowest BCUT2D eigenvalue weighted by atomic mass is 10.1. The third-order valence-electron chi connectivity index (χ3n) is 3.07. The Morgan fingerprint density at radius 3 is 2.00 bits per heavy atom. The van der Waals surface area contributed by atoms with Crippen LogP contribution in [0.3, 0.4) is 0 Å². The molecule has 0 aliphatic rings. The summed E-state index contributed by atoms with van der Waals surface area (Å²) in [5, 5.41) is 42.2. The summed E-state index contributed by atoms with van der Waals surface area (Å²) in [6.07, 6.45) is 0. The van der Waals surface area contributed by atoms with Crippen molar-refractivity contribution in [3.63, 3.8) is 0 Å². The fraction of sp³-hybridized carbons (Fsp3) is 0. The molecule has 0 fully saturated rings. The minimum absolute atomic E-state index is 0.0191. The molecule has 25 heavy (non-hydrogen) atoms. The zero-order valence-corrected chi connectivity index (χ0v) is 12.2. The number of aromatic carboxylic acids is 1. The summed E-state index contributed by atoms with van der Waals surface area (Å²) >= 11 is 0. The number of aromatic hydroxyl groups is 1. The first-order valence-corrected chi connectivity index (χ1v) is 6.50. The molecule has 128 valence electrons. The molecule has 3 N–H and O–H groups in total. The van der Waals surface area contributed by atoms with Gasteiger partial charge in [-0.3, -0.25) is 25.0 Å². The van der Waals surface area contributed by atoms with Crippen LogP contribution < -0.4 is 5.32 Å². The van der Waals surface area contributed by atoms with Crippen LogP contribution >= 0.6 is 0 Å². The predicted octanol–water partition coefficient (Wildman–Crippen LogP) is 2.16. The smallest absolute Gasteiger partial charge is 0.339 e. The molecule has 0 radical (unpaired) electrons. The first-order chi connectivity index (χ1) is 11.7. The Labute approximate surface area is 138 Å². The SMILES string of the molecule is O=C(Nc1ccc(O)c(C(=O)O)c1)c1cc([N+](=O)[O-])cc([N+](=O)[O-])c1. The molecule has 0 bridgehead atoms. The molecule has 2 aromatic rings. The van der Waals surface area contributed by atoms with Crippen molar-refractivity contribution in [2.75, 3.05) is 5.32 Å². The molecule has 0 unspecified atom stereocenters. The Morgan fingerprint density at radius 1 is 0.960 bits per heavy atom. The Kier molecular flexibility index (Phi) is 4.59. The van der Waals surface area contributed by atoms with Crippen LogP contribution in [0, 0.1) is 20.2 Å². The number of nitrogens with zero attached hydrogens (tertiary/aromatic N) is 2. The van der Waals surface area contributed by atoms with E-state index in [0.717, 1.165) is 24.3 Å². The monoisotopic (exact) mass is 347 g/mol. The highest BCUT2D eigenvalue weighted by atomic mass is 16.6. The highest BCUT2D eigenvalue weighted by Gasteiger charge is 2.20. The summed E-state index contributed by atoms with van der Waals surface area (Å²) in [5.41, 5.74) is -2.13. The van der Waals surface area contributed by atoms with Gasteiger partial charge in [0.2, 0.25) is 0 Å². The number of amides is 1. The number of nitro groups is 2. The second-order valence-corrected chi connectivity index (χ2v) is 4.74. The fourth-order valence-electron chi connectivity index (χ4n) is 1.93. The molecule has 0 heterocycles. The van der Waals surface area contributed by atoms with Gasteiger partial charge in [-0.2, -0.15) is 0 Å². The van der Waals surface area contributed by atoms with E-state index in [1.165, 1.54) is 6.07 Å². The number of phenols is 1. The summed E-state index contributed by atoms with van der Waals surface area (Å²) in [5.74, 6) is -2.87. The molecular formula is C14H9N3O8. The minimum Gasteiger partial charge on any atom is -0.507 e. The van der Waals surface area contributed by atoms with Gasteiger partial charge in [-0.15, -0.1) is 0 Å². The van der Waals surface area contributed by atoms with Gasteiger partial charge in [-0.1, -0.05) is 0 Å². The zero-order valence-electron chi connectivity index (χ0n) is 12.2. The highest BCUT2D eigenvalue weighted by molar-refractivity contribution is 6.05. The number of hydrogen-bond acceptors (Lipinski definition) is 7. The second kappa shape index (κ2) is 6.62. The third kappa shape index (κ3) is 3.85. The van der Waals surface area contributed by atoms with E-state index >= 15 is 0 Å². The quantitative estimate of drug-likeness (QED) is 0.419. The number of rotatable bonds is 5. The fourth-order valence-corrected chi connectivity index (χ4v) is 1.93. The first kappa shape index (κ1) is 17.3. The van der Waals surface area contributed by atoms with Gasteiger partial charge < -0.3 is 15.5 Å². The van der Waals surface area contributed by atoms with Crippen LogP contribution in [0.1, 0.15) is 20.7 Å². The van der Waals surface area contributed by atoms with Crippen LogP contribution in [0.5, 0.6) is 5.75 Å². The number of nitro benzene ring substituents is 2. The van der Waals surface area contributed by atoms with Crippen LogP contribution in [0.2, 0.25) is 0 Å². The summed E-state index contributed by atoms with van der Waals surface area (Å²) in [6.45, 7) is 0. The topological polar surface area (TPSA) is 173 Å². The molecular weight excluding hydrogens is 338 g/mol. The van der Waals surface area contributed by atoms with Gasteiger partial charge in [0.25, 0.3) is 17.3 Å². The molecule has 11 nitrogen and oxygen atoms in total. The van der Waals surface area contributed by atoms with E-state index in [9.17, 15) is 34.9 Å². The van der Waals surface area contributed by atoms with Gasteiger partial charge in [-0.05, 0) is 18.2 Å². The standard InChI is InChI=1S/C14H9N3O8/c18-12-2-1-8(5-11(12)14(20)21)15-13(19)7-3-9(16(22)23)6-10(4-7)17(24)25/h1-6,18H,(H,15,19)(H,20,21). The van der Waals surface area contributed by atoms with Gasteiger partial charge >= 0.3 is 5.97 Å². The van der Waals surface area contributed by atoms with Gasteiger partial charge in [-0.25, -0.2) is 4.79 Å². The maximum atomic E-state index is 12.2. The number of carboxylic acids is 1. The Hall–Kier alpha value is -4.02. The number of nitrogens with one attached hydrogen (secondary N) is 1. The number of anilines is 1. The Bertz CT molecular complexity index is 877. The molecule has 0 atom stereocenters. The molecule has 0 aliphatic carbocycles. The molecule has 2 aromatic carbocycles. The number of non-ortho nitro benzene ring substituents is 2. The lowest BCUT2D eigenvalue weighted by Gasteiger charge is -2.07. The highest BCUT2D eigenvalue weighted by Crippen LogP contribution is 2.25. The van der Waals surface area contributed by atoms with Gasteiger partial charge in [0.15, 0.2) is 0 Å². The van der Waals surface area contributed by atoms with Crippen LogP contribution in [0.25, 0.3) is 0 Å². The molecule has 0 spiro atoms. The van der Waals surface area contributed by atoms with E-state index in [1.54, 1.807) is 0 Å². The van der Waals surface area contributed by atoms with Crippen molar-refractivity contribution in [1.82, 2.24) is 0 Å². The average molecular weight is 347 g/mol. The first-order valence-electron chi connectivity index (χ1n) is 6.50. The van der Waals surface area contributed by atoms with Gasteiger partial charge in [0.05, 0.1) is 21.5 Å². The third-order valence-corrected chi connectivity index (χ3v) is 3.07. The normalized spacial score (nSPS) is 10.1. The lowest BCUT2D eigenvalue weighted by molar-refractivity contribution is -0.394. The summed E-state index contributed by atoms with van der Waals surface area (Å²) in [7, 11) is 0. The molecule has 11 heteroatoms. The Balaban J connectivity index is 2.38. The van der Waals surface area contributed by atoms with E-state index in [1.807, 2.05) is 0 Å². The van der Waals surface area contributed by atoms with Crippen molar-refractivity contribution in [2.24, 2.45) is 0 Å². The molecule has 0 aromatic heterocycles. The van der Waals surface area contributed by atoms with Crippen LogP contribution in [0.4, 0.5) is 17.1 Å². The minimum atomic E-state index is -1.43. The van der Waals surface area contributed by atoms with Crippen molar-refractivity contribution in [2.45, 2.75) is 0 Å². The maximum absolute atomic E-state index is 12.2. The summed E-state index contributed by atoms with van der Waals surface area (Å²) in [6, 6.07) is 5.61. The van der Waals surface area contributed by atoms with E-state index in [2.05, 4.69) is 5.32 Å². The van der Waals surface area contributed by atoms with Crippen molar-refractivity contribution in [3.05, 3.63) is 67.8 Å². The number of hydrogen-bond donors (Lipinski definition) is 3. The van der Waals surface area contributed by atoms with Crippen molar-refractivity contribution < 1.29 is 29.6 Å². The predicted molar refractivity (Wildman–Crippen MR) is 82.8 cm³/mol. The molecule has 1 amide bonds.